The summed E-state index contributed by atoms with van der Waals surface area (Å²) in [4.78, 5) is 25.5. The molecular weight excluding hydrogens is 422 g/mol. The average molecular weight is 440 g/mol. The zero-order valence-electron chi connectivity index (χ0n) is 15.6. The summed E-state index contributed by atoms with van der Waals surface area (Å²) in [6, 6.07) is 15.3. The lowest BCUT2D eigenvalue weighted by Gasteiger charge is -2.11. The van der Waals surface area contributed by atoms with Gasteiger partial charge in [0.25, 0.3) is 5.56 Å². The highest BCUT2D eigenvalue weighted by atomic mass is 79.9. The van der Waals surface area contributed by atoms with Gasteiger partial charge in [-0.2, -0.15) is 0 Å². The van der Waals surface area contributed by atoms with Crippen molar-refractivity contribution < 1.29 is 4.74 Å². The number of methoxy groups -OCH3 is 1. The first kappa shape index (κ1) is 18.3. The second-order valence-corrected chi connectivity index (χ2v) is 7.44. The molecule has 0 aliphatic heterocycles. The molecule has 6 nitrogen and oxygen atoms in total. The van der Waals surface area contributed by atoms with Crippen molar-refractivity contribution in [2.75, 3.05) is 7.11 Å². The van der Waals surface area contributed by atoms with Crippen LogP contribution >= 0.6 is 15.9 Å². The van der Waals surface area contributed by atoms with E-state index in [1.165, 1.54) is 11.6 Å². The average Bonchev–Trinajstić information content (AvgIpc) is 3.11. The van der Waals surface area contributed by atoms with E-state index in [2.05, 4.69) is 15.9 Å². The summed E-state index contributed by atoms with van der Waals surface area (Å²) in [5.41, 5.74) is 2.37. The third kappa shape index (κ3) is 2.79. The van der Waals surface area contributed by atoms with Gasteiger partial charge in [-0.15, -0.1) is 0 Å². The Bertz CT molecular complexity index is 1310. The molecule has 4 rings (SSSR count). The zero-order chi connectivity index (χ0) is 20.0. The molecule has 0 unspecified atom stereocenters. The maximum atomic E-state index is 13.0. The lowest BCUT2D eigenvalue weighted by Crippen LogP contribution is -2.36. The van der Waals surface area contributed by atoms with Crippen molar-refractivity contribution in [1.29, 1.82) is 0 Å². The van der Waals surface area contributed by atoms with Gasteiger partial charge in [-0.25, -0.2) is 4.79 Å². The second kappa shape index (κ2) is 6.83. The van der Waals surface area contributed by atoms with Gasteiger partial charge in [0.2, 0.25) is 0 Å². The number of halogens is 1. The number of hydrogen-bond donors (Lipinski definition) is 0. The van der Waals surface area contributed by atoms with E-state index >= 15 is 0 Å². The molecule has 0 saturated heterocycles. The molecule has 0 bridgehead atoms. The molecule has 2 heterocycles. The molecule has 142 valence electrons. The standard InChI is InChI=1S/C21H18BrN3O3/c1-23-17-12-25(15-7-9-16(28-3)10-8-15)19(13-5-4-6-14(22)11-13)18(17)20(26)24(2)21(23)27/h4-12H,1-3H3. The van der Waals surface area contributed by atoms with E-state index < -0.39 is 0 Å². The number of nitrogens with zero attached hydrogens (tertiary/aromatic N) is 3. The minimum Gasteiger partial charge on any atom is -0.497 e. The highest BCUT2D eigenvalue weighted by Gasteiger charge is 2.20. The largest absolute Gasteiger partial charge is 0.497 e. The van der Waals surface area contributed by atoms with Crippen LogP contribution in [0.1, 0.15) is 0 Å². The molecule has 0 fully saturated rings. The number of rotatable bonds is 3. The number of ether oxygens (including phenoxy) is 1. The monoisotopic (exact) mass is 439 g/mol. The first-order valence-electron chi connectivity index (χ1n) is 8.64. The first-order chi connectivity index (χ1) is 13.4. The highest BCUT2D eigenvalue weighted by Crippen LogP contribution is 2.32. The molecule has 28 heavy (non-hydrogen) atoms. The van der Waals surface area contributed by atoms with Crippen molar-refractivity contribution in [3.05, 3.63) is 80.0 Å². The van der Waals surface area contributed by atoms with Crippen molar-refractivity contribution in [3.63, 3.8) is 0 Å². The number of fused-ring (bicyclic) bond motifs is 1. The Hall–Kier alpha value is -3.06. The van der Waals surface area contributed by atoms with Gasteiger partial charge in [0, 0.05) is 36.0 Å². The van der Waals surface area contributed by atoms with Crippen molar-refractivity contribution in [2.24, 2.45) is 14.1 Å². The molecule has 0 spiro atoms. The minimum atomic E-state index is -0.356. The van der Waals surface area contributed by atoms with Crippen LogP contribution < -0.4 is 16.0 Å². The van der Waals surface area contributed by atoms with Crippen molar-refractivity contribution in [3.8, 4) is 22.7 Å². The Morgan fingerprint density at radius 3 is 2.32 bits per heavy atom. The third-order valence-electron chi connectivity index (χ3n) is 4.89. The van der Waals surface area contributed by atoms with Crippen molar-refractivity contribution >= 4 is 26.8 Å². The van der Waals surface area contributed by atoms with E-state index in [4.69, 9.17) is 4.74 Å². The van der Waals surface area contributed by atoms with Gasteiger partial charge >= 0.3 is 5.69 Å². The van der Waals surface area contributed by atoms with Crippen LogP contribution in [0.25, 0.3) is 27.8 Å². The van der Waals surface area contributed by atoms with E-state index in [-0.39, 0.29) is 11.2 Å². The van der Waals surface area contributed by atoms with E-state index in [1.54, 1.807) is 14.2 Å². The molecule has 0 aliphatic rings. The number of aromatic nitrogens is 3. The van der Waals surface area contributed by atoms with Gasteiger partial charge in [0.15, 0.2) is 0 Å². The summed E-state index contributed by atoms with van der Waals surface area (Å²) < 4.78 is 10.7. The van der Waals surface area contributed by atoms with Crippen LogP contribution in [-0.4, -0.2) is 20.8 Å². The fraction of sp³-hybridized carbons (Fsp3) is 0.143. The molecular formula is C21H18BrN3O3. The predicted octanol–water partition coefficient (Wildman–Crippen LogP) is 3.47. The minimum absolute atomic E-state index is 0.319. The van der Waals surface area contributed by atoms with Gasteiger partial charge in [-0.05, 0) is 36.4 Å². The molecule has 7 heteroatoms. The number of hydrogen-bond acceptors (Lipinski definition) is 3. The maximum absolute atomic E-state index is 13.0. The fourth-order valence-electron chi connectivity index (χ4n) is 3.41. The Kier molecular flexibility index (Phi) is 4.47. The van der Waals surface area contributed by atoms with Gasteiger partial charge in [-0.3, -0.25) is 13.9 Å². The van der Waals surface area contributed by atoms with Crippen LogP contribution in [0.5, 0.6) is 5.75 Å². The Labute approximate surface area is 169 Å². The quantitative estimate of drug-likeness (QED) is 0.490. The van der Waals surface area contributed by atoms with E-state index in [9.17, 15) is 9.59 Å². The van der Waals surface area contributed by atoms with Gasteiger partial charge in [0.1, 0.15) is 5.75 Å². The van der Waals surface area contributed by atoms with Crippen LogP contribution in [0, 0.1) is 0 Å². The second-order valence-electron chi connectivity index (χ2n) is 6.52. The summed E-state index contributed by atoms with van der Waals surface area (Å²) in [5.74, 6) is 0.743. The van der Waals surface area contributed by atoms with Crippen LogP contribution in [0.2, 0.25) is 0 Å². The molecule has 0 atom stereocenters. The molecule has 0 aliphatic carbocycles. The van der Waals surface area contributed by atoms with Crippen LogP contribution in [0.4, 0.5) is 0 Å². The SMILES string of the molecule is COc1ccc(-n2cc3c(c2-c2cccc(Br)c2)c(=O)n(C)c(=O)n3C)cc1. The molecule has 0 amide bonds. The van der Waals surface area contributed by atoms with Gasteiger partial charge in [0.05, 0.1) is 23.7 Å². The molecule has 4 aromatic rings. The van der Waals surface area contributed by atoms with Crippen LogP contribution in [0.15, 0.2) is 68.8 Å². The van der Waals surface area contributed by atoms with E-state index in [0.717, 1.165) is 31.7 Å². The Balaban J connectivity index is 2.16. The van der Waals surface area contributed by atoms with Crippen LogP contribution in [-0.2, 0) is 14.1 Å². The predicted molar refractivity (Wildman–Crippen MR) is 113 cm³/mol. The summed E-state index contributed by atoms with van der Waals surface area (Å²) >= 11 is 3.51. The van der Waals surface area contributed by atoms with Crippen molar-refractivity contribution in [2.45, 2.75) is 0 Å². The molecule has 2 aromatic heterocycles. The van der Waals surface area contributed by atoms with E-state index in [0.29, 0.717) is 10.9 Å². The topological polar surface area (TPSA) is 58.2 Å². The summed E-state index contributed by atoms with van der Waals surface area (Å²) in [6.07, 6.45) is 1.83. The Morgan fingerprint density at radius 2 is 1.68 bits per heavy atom. The van der Waals surface area contributed by atoms with Crippen molar-refractivity contribution in [1.82, 2.24) is 13.7 Å². The summed E-state index contributed by atoms with van der Waals surface area (Å²) in [5, 5.41) is 0.499. The lowest BCUT2D eigenvalue weighted by molar-refractivity contribution is 0.415. The number of benzene rings is 2. The van der Waals surface area contributed by atoms with Gasteiger partial charge in [-0.1, -0.05) is 28.1 Å². The molecule has 0 N–H and O–H groups in total. The molecule has 2 aromatic carbocycles. The van der Waals surface area contributed by atoms with Gasteiger partial charge < -0.3 is 9.30 Å². The zero-order valence-corrected chi connectivity index (χ0v) is 17.2. The maximum Gasteiger partial charge on any atom is 0.330 e. The molecule has 0 saturated carbocycles. The third-order valence-corrected chi connectivity index (χ3v) is 5.38. The highest BCUT2D eigenvalue weighted by molar-refractivity contribution is 9.10. The smallest absolute Gasteiger partial charge is 0.330 e. The lowest BCUT2D eigenvalue weighted by atomic mass is 10.1. The Morgan fingerprint density at radius 1 is 0.964 bits per heavy atom. The summed E-state index contributed by atoms with van der Waals surface area (Å²) in [7, 11) is 4.79. The van der Waals surface area contributed by atoms with Crippen LogP contribution in [0.3, 0.4) is 0 Å². The molecule has 0 radical (unpaired) electrons. The fourth-order valence-corrected chi connectivity index (χ4v) is 3.81. The van der Waals surface area contributed by atoms with E-state index in [1.807, 2.05) is 59.3 Å². The normalized spacial score (nSPS) is 11.1. The number of aryl methyl sites for hydroxylation is 1. The first-order valence-corrected chi connectivity index (χ1v) is 9.43. The summed E-state index contributed by atoms with van der Waals surface area (Å²) in [6.45, 7) is 0.